The van der Waals surface area contributed by atoms with Crippen molar-refractivity contribution in [2.75, 3.05) is 20.7 Å². The van der Waals surface area contributed by atoms with E-state index in [2.05, 4.69) is 24.3 Å². The summed E-state index contributed by atoms with van der Waals surface area (Å²) in [5.74, 6) is 0.708. The molecule has 1 heterocycles. The Morgan fingerprint density at radius 3 is 2.53 bits per heavy atom. The number of ether oxygens (including phenoxy) is 1. The molecular weight excluding hydrogens is 402 g/mol. The molecule has 2 aromatic rings. The van der Waals surface area contributed by atoms with Crippen molar-refractivity contribution >= 4 is 17.5 Å². The average molecular weight is 434 g/mol. The Labute approximate surface area is 189 Å². The molecule has 2 aliphatic rings. The zero-order valence-corrected chi connectivity index (χ0v) is 19.1. The number of amides is 2. The second kappa shape index (κ2) is 9.55. The van der Waals surface area contributed by atoms with Crippen LogP contribution in [0.2, 0.25) is 0 Å². The first-order chi connectivity index (χ1) is 15.5. The highest BCUT2D eigenvalue weighted by Gasteiger charge is 2.35. The van der Waals surface area contributed by atoms with Crippen LogP contribution in [0.4, 0.5) is 0 Å². The summed E-state index contributed by atoms with van der Waals surface area (Å²) < 4.78 is 5.36. The molecule has 0 radical (unpaired) electrons. The Morgan fingerprint density at radius 2 is 1.84 bits per heavy atom. The number of carbonyl (C=O) groups is 2. The highest BCUT2D eigenvalue weighted by atomic mass is 16.5. The van der Waals surface area contributed by atoms with Crippen LogP contribution in [-0.2, 0) is 9.59 Å². The van der Waals surface area contributed by atoms with Crippen molar-refractivity contribution in [3.05, 3.63) is 65.2 Å². The molecule has 0 aromatic heterocycles. The average Bonchev–Trinajstić information content (AvgIpc) is 3.50. The summed E-state index contributed by atoms with van der Waals surface area (Å²) in [4.78, 5) is 27.6. The van der Waals surface area contributed by atoms with Crippen LogP contribution in [0.15, 0.2) is 53.6 Å². The van der Waals surface area contributed by atoms with Crippen LogP contribution in [0.1, 0.15) is 54.8 Å². The van der Waals surface area contributed by atoms with Crippen molar-refractivity contribution in [1.82, 2.24) is 9.91 Å². The van der Waals surface area contributed by atoms with E-state index >= 15 is 0 Å². The van der Waals surface area contributed by atoms with Gasteiger partial charge in [-0.25, -0.2) is 5.01 Å². The van der Waals surface area contributed by atoms with Crippen molar-refractivity contribution in [2.24, 2.45) is 11.0 Å². The van der Waals surface area contributed by atoms with Gasteiger partial charge < -0.3 is 9.64 Å². The molecule has 168 valence electrons. The maximum Gasteiger partial charge on any atom is 0.262 e. The van der Waals surface area contributed by atoms with Gasteiger partial charge in [0.05, 0.1) is 18.9 Å². The van der Waals surface area contributed by atoms with Gasteiger partial charge in [0.15, 0.2) is 0 Å². The minimum Gasteiger partial charge on any atom is -0.497 e. The molecule has 1 aliphatic carbocycles. The van der Waals surface area contributed by atoms with Gasteiger partial charge in [0.1, 0.15) is 12.3 Å². The highest BCUT2D eigenvalue weighted by molar-refractivity contribution is 6.03. The third-order valence-corrected chi connectivity index (χ3v) is 6.48. The minimum absolute atomic E-state index is 0.0343. The number of hydrazone groups is 1. The number of aryl methyl sites for hydroxylation is 1. The Hall–Kier alpha value is -3.15. The lowest BCUT2D eigenvalue weighted by molar-refractivity contribution is -0.142. The van der Waals surface area contributed by atoms with Gasteiger partial charge >= 0.3 is 0 Å². The smallest absolute Gasteiger partial charge is 0.262 e. The fourth-order valence-electron chi connectivity index (χ4n) is 4.60. The summed E-state index contributed by atoms with van der Waals surface area (Å²) in [6, 6.07) is 15.8. The number of likely N-dealkylation sites (N-methyl/N-ethyl adjacent to an activating group) is 1. The van der Waals surface area contributed by atoms with E-state index in [-0.39, 0.29) is 30.3 Å². The maximum absolute atomic E-state index is 13.3. The van der Waals surface area contributed by atoms with Gasteiger partial charge in [-0.3, -0.25) is 9.59 Å². The summed E-state index contributed by atoms with van der Waals surface area (Å²) >= 11 is 0. The van der Waals surface area contributed by atoms with Crippen molar-refractivity contribution in [1.29, 1.82) is 0 Å². The zero-order valence-electron chi connectivity index (χ0n) is 19.1. The second-order valence-electron chi connectivity index (χ2n) is 8.82. The van der Waals surface area contributed by atoms with Crippen molar-refractivity contribution in [3.63, 3.8) is 0 Å². The Kier molecular flexibility index (Phi) is 6.58. The molecule has 1 unspecified atom stereocenters. The third kappa shape index (κ3) is 4.69. The normalized spacial score (nSPS) is 18.5. The van der Waals surface area contributed by atoms with E-state index < -0.39 is 0 Å². The lowest BCUT2D eigenvalue weighted by Crippen LogP contribution is -2.41. The molecule has 0 bridgehead atoms. The molecule has 0 saturated heterocycles. The van der Waals surface area contributed by atoms with E-state index in [0.29, 0.717) is 6.42 Å². The SMILES string of the molecule is COc1cccc(C2=NN(C(=O)CN(C)C(=O)C3CCCC3)C(c3ccc(C)cc3)C2)c1. The highest BCUT2D eigenvalue weighted by Crippen LogP contribution is 2.34. The number of hydrogen-bond acceptors (Lipinski definition) is 4. The first-order valence-corrected chi connectivity index (χ1v) is 11.3. The van der Waals surface area contributed by atoms with Crippen LogP contribution in [0, 0.1) is 12.8 Å². The lowest BCUT2D eigenvalue weighted by atomic mass is 9.97. The molecule has 32 heavy (non-hydrogen) atoms. The molecule has 2 amide bonds. The van der Waals surface area contributed by atoms with E-state index in [1.807, 2.05) is 31.2 Å². The Balaban J connectivity index is 1.58. The van der Waals surface area contributed by atoms with Crippen molar-refractivity contribution in [2.45, 2.75) is 45.1 Å². The molecule has 4 rings (SSSR count). The number of carbonyl (C=O) groups excluding carboxylic acids is 2. The Bertz CT molecular complexity index is 1010. The molecule has 6 heteroatoms. The molecule has 1 atom stereocenters. The monoisotopic (exact) mass is 433 g/mol. The molecule has 1 fully saturated rings. The van der Waals surface area contributed by atoms with Gasteiger partial charge in [-0.1, -0.05) is 54.8 Å². The van der Waals surface area contributed by atoms with Gasteiger partial charge in [0.25, 0.3) is 5.91 Å². The number of rotatable bonds is 6. The van der Waals surface area contributed by atoms with Crippen molar-refractivity contribution in [3.8, 4) is 5.75 Å². The van der Waals surface area contributed by atoms with E-state index in [4.69, 9.17) is 9.84 Å². The number of methoxy groups -OCH3 is 1. The predicted molar refractivity (Wildman–Crippen MR) is 125 cm³/mol. The standard InChI is InChI=1S/C26H31N3O3/c1-18-11-13-19(14-12-18)24-16-23(21-9-6-10-22(15-21)32-3)27-29(24)25(30)17-28(2)26(31)20-7-4-5-8-20/h6,9-15,20,24H,4-5,7-8,16-17H2,1-3H3. The van der Waals surface area contributed by atoms with Crippen LogP contribution in [-0.4, -0.2) is 48.1 Å². The van der Waals surface area contributed by atoms with Gasteiger partial charge in [-0.05, 0) is 37.5 Å². The summed E-state index contributed by atoms with van der Waals surface area (Å²) in [7, 11) is 3.36. The van der Waals surface area contributed by atoms with Crippen LogP contribution in [0.3, 0.4) is 0 Å². The summed E-state index contributed by atoms with van der Waals surface area (Å²) in [5.41, 5.74) is 3.98. The van der Waals surface area contributed by atoms with E-state index in [0.717, 1.165) is 48.3 Å². The van der Waals surface area contributed by atoms with Gasteiger partial charge in [-0.2, -0.15) is 5.10 Å². The summed E-state index contributed by atoms with van der Waals surface area (Å²) in [6.07, 6.45) is 4.64. The fraction of sp³-hybridized carbons (Fsp3) is 0.423. The molecule has 2 aromatic carbocycles. The van der Waals surface area contributed by atoms with Gasteiger partial charge in [-0.15, -0.1) is 0 Å². The second-order valence-corrected chi connectivity index (χ2v) is 8.82. The molecule has 6 nitrogen and oxygen atoms in total. The minimum atomic E-state index is -0.195. The Morgan fingerprint density at radius 1 is 1.12 bits per heavy atom. The number of benzene rings is 2. The lowest BCUT2D eigenvalue weighted by Gasteiger charge is -2.26. The predicted octanol–water partition coefficient (Wildman–Crippen LogP) is 4.33. The van der Waals surface area contributed by atoms with Gasteiger partial charge in [0, 0.05) is 24.9 Å². The maximum atomic E-state index is 13.3. The molecule has 0 spiro atoms. The van der Waals surface area contributed by atoms with Crippen LogP contribution in [0.5, 0.6) is 5.75 Å². The first-order valence-electron chi connectivity index (χ1n) is 11.3. The topological polar surface area (TPSA) is 62.2 Å². The quantitative estimate of drug-likeness (QED) is 0.681. The summed E-state index contributed by atoms with van der Waals surface area (Å²) in [6.45, 7) is 2.08. The largest absolute Gasteiger partial charge is 0.497 e. The third-order valence-electron chi connectivity index (χ3n) is 6.48. The van der Waals surface area contributed by atoms with Gasteiger partial charge in [0.2, 0.25) is 5.91 Å². The molecule has 1 aliphatic heterocycles. The van der Waals surface area contributed by atoms with Crippen LogP contribution < -0.4 is 4.74 Å². The van der Waals surface area contributed by atoms with E-state index in [9.17, 15) is 9.59 Å². The van der Waals surface area contributed by atoms with Crippen LogP contribution in [0.25, 0.3) is 0 Å². The van der Waals surface area contributed by atoms with E-state index in [1.165, 1.54) is 5.56 Å². The molecular formula is C26H31N3O3. The van der Waals surface area contributed by atoms with E-state index in [1.54, 1.807) is 24.1 Å². The van der Waals surface area contributed by atoms with Crippen molar-refractivity contribution < 1.29 is 14.3 Å². The molecule has 1 saturated carbocycles. The zero-order chi connectivity index (χ0) is 22.7. The van der Waals surface area contributed by atoms with Crippen LogP contribution >= 0.6 is 0 Å². The fourth-order valence-corrected chi connectivity index (χ4v) is 4.60. The number of nitrogens with zero attached hydrogens (tertiary/aromatic N) is 3. The number of hydrogen-bond donors (Lipinski definition) is 0. The first kappa shape index (κ1) is 22.1. The summed E-state index contributed by atoms with van der Waals surface area (Å²) in [5, 5.41) is 6.30. The molecule has 0 N–H and O–H groups in total.